The first kappa shape index (κ1) is 10.4. The van der Waals surface area contributed by atoms with E-state index in [9.17, 15) is 0 Å². The molecule has 0 aromatic carbocycles. The zero-order valence-corrected chi connectivity index (χ0v) is 11.3. The average molecular weight is 258 g/mol. The van der Waals surface area contributed by atoms with Gasteiger partial charge in [0, 0.05) is 22.3 Å². The first-order valence-corrected chi connectivity index (χ1v) is 7.11. The Kier molecular flexibility index (Phi) is 2.01. The van der Waals surface area contributed by atoms with Gasteiger partial charge in [-0.05, 0) is 39.2 Å². The SMILES string of the molecule is Cc1cc(-c2cn3c4c(sc3n2)CCC4)c(C)o1. The molecule has 4 heteroatoms. The Balaban J connectivity index is 1.92. The zero-order valence-electron chi connectivity index (χ0n) is 10.5. The van der Waals surface area contributed by atoms with E-state index in [1.807, 2.05) is 25.2 Å². The van der Waals surface area contributed by atoms with Gasteiger partial charge < -0.3 is 4.42 Å². The maximum Gasteiger partial charge on any atom is 0.194 e. The summed E-state index contributed by atoms with van der Waals surface area (Å²) in [5.74, 6) is 1.90. The number of hydrogen-bond acceptors (Lipinski definition) is 3. The molecule has 1 aliphatic carbocycles. The minimum Gasteiger partial charge on any atom is -0.466 e. The summed E-state index contributed by atoms with van der Waals surface area (Å²) in [6.07, 6.45) is 5.86. The highest BCUT2D eigenvalue weighted by Crippen LogP contribution is 2.34. The van der Waals surface area contributed by atoms with Gasteiger partial charge in [0.2, 0.25) is 0 Å². The fraction of sp³-hybridized carbons (Fsp3) is 0.357. The van der Waals surface area contributed by atoms with Gasteiger partial charge in [0.1, 0.15) is 11.5 Å². The van der Waals surface area contributed by atoms with Crippen LogP contribution in [0.2, 0.25) is 0 Å². The van der Waals surface area contributed by atoms with Crippen LogP contribution in [0.4, 0.5) is 0 Å². The second-order valence-corrected chi connectivity index (χ2v) is 5.99. The van der Waals surface area contributed by atoms with E-state index in [0.717, 1.165) is 27.7 Å². The van der Waals surface area contributed by atoms with Gasteiger partial charge in [-0.3, -0.25) is 4.40 Å². The minimum atomic E-state index is 0.948. The Morgan fingerprint density at radius 3 is 3.00 bits per heavy atom. The summed E-state index contributed by atoms with van der Waals surface area (Å²) < 4.78 is 7.86. The molecule has 0 radical (unpaired) electrons. The maximum absolute atomic E-state index is 5.59. The summed E-state index contributed by atoms with van der Waals surface area (Å²) in [4.78, 5) is 7.38. The normalized spacial score (nSPS) is 14.6. The number of rotatable bonds is 1. The number of fused-ring (bicyclic) bond motifs is 3. The molecule has 1 aliphatic rings. The Labute approximate surface area is 109 Å². The van der Waals surface area contributed by atoms with Crippen molar-refractivity contribution in [2.45, 2.75) is 33.1 Å². The van der Waals surface area contributed by atoms with Gasteiger partial charge in [-0.25, -0.2) is 4.98 Å². The van der Waals surface area contributed by atoms with Crippen molar-refractivity contribution in [1.82, 2.24) is 9.38 Å². The number of thiazole rings is 1. The van der Waals surface area contributed by atoms with Gasteiger partial charge in [-0.15, -0.1) is 11.3 Å². The van der Waals surface area contributed by atoms with Crippen molar-refractivity contribution >= 4 is 16.3 Å². The second-order valence-electron chi connectivity index (χ2n) is 4.93. The van der Waals surface area contributed by atoms with E-state index in [1.54, 1.807) is 0 Å². The quantitative estimate of drug-likeness (QED) is 0.665. The summed E-state index contributed by atoms with van der Waals surface area (Å²) in [6.45, 7) is 3.98. The number of furan rings is 1. The molecular weight excluding hydrogens is 244 g/mol. The molecular formula is C14H14N2OS. The molecule has 0 bridgehead atoms. The van der Waals surface area contributed by atoms with Crippen molar-refractivity contribution < 1.29 is 4.42 Å². The number of nitrogens with zero attached hydrogens (tertiary/aromatic N) is 2. The zero-order chi connectivity index (χ0) is 12.3. The summed E-state index contributed by atoms with van der Waals surface area (Å²) in [6, 6.07) is 2.07. The van der Waals surface area contributed by atoms with Crippen LogP contribution in [0.25, 0.3) is 16.2 Å². The molecule has 0 aliphatic heterocycles. The lowest BCUT2D eigenvalue weighted by molar-refractivity contribution is 0.505. The van der Waals surface area contributed by atoms with E-state index in [-0.39, 0.29) is 0 Å². The Bertz CT molecular complexity index is 747. The highest BCUT2D eigenvalue weighted by atomic mass is 32.1. The van der Waals surface area contributed by atoms with Gasteiger partial charge in [-0.1, -0.05) is 0 Å². The van der Waals surface area contributed by atoms with Gasteiger partial charge in [0.25, 0.3) is 0 Å². The van der Waals surface area contributed by atoms with Crippen LogP contribution in [0.5, 0.6) is 0 Å². The van der Waals surface area contributed by atoms with Gasteiger partial charge in [0.15, 0.2) is 4.96 Å². The van der Waals surface area contributed by atoms with E-state index in [2.05, 4.69) is 16.7 Å². The van der Waals surface area contributed by atoms with E-state index >= 15 is 0 Å². The lowest BCUT2D eigenvalue weighted by atomic mass is 10.2. The van der Waals surface area contributed by atoms with Crippen LogP contribution in [0.1, 0.15) is 28.5 Å². The molecule has 18 heavy (non-hydrogen) atoms. The molecule has 0 amide bonds. The Morgan fingerprint density at radius 1 is 1.33 bits per heavy atom. The third-order valence-corrected chi connectivity index (χ3v) is 4.79. The van der Waals surface area contributed by atoms with E-state index in [0.29, 0.717) is 0 Å². The fourth-order valence-corrected chi connectivity index (χ4v) is 4.01. The van der Waals surface area contributed by atoms with Crippen LogP contribution in [-0.2, 0) is 12.8 Å². The van der Waals surface area contributed by atoms with E-state index in [4.69, 9.17) is 9.40 Å². The molecule has 3 aromatic heterocycles. The number of imidazole rings is 1. The van der Waals surface area contributed by atoms with Crippen molar-refractivity contribution in [2.24, 2.45) is 0 Å². The molecule has 0 N–H and O–H groups in total. The molecule has 3 nitrogen and oxygen atoms in total. The van der Waals surface area contributed by atoms with Crippen LogP contribution in [0.3, 0.4) is 0 Å². The lowest BCUT2D eigenvalue weighted by Crippen LogP contribution is -1.85. The third kappa shape index (κ3) is 1.32. The predicted molar refractivity (Wildman–Crippen MR) is 72.3 cm³/mol. The van der Waals surface area contributed by atoms with Crippen LogP contribution in [0.15, 0.2) is 16.7 Å². The van der Waals surface area contributed by atoms with Gasteiger partial charge in [0.05, 0.1) is 5.69 Å². The van der Waals surface area contributed by atoms with Crippen LogP contribution < -0.4 is 0 Å². The standard InChI is InChI=1S/C14H14N2OS/c1-8-6-10(9(2)17-8)11-7-16-12-4-3-5-13(12)18-14(16)15-11/h6-7H,3-5H2,1-2H3. The van der Waals surface area contributed by atoms with Crippen molar-refractivity contribution in [3.8, 4) is 11.3 Å². The Morgan fingerprint density at radius 2 is 2.22 bits per heavy atom. The summed E-state index contributed by atoms with van der Waals surface area (Å²) in [7, 11) is 0. The molecule has 0 spiro atoms. The largest absolute Gasteiger partial charge is 0.466 e. The smallest absolute Gasteiger partial charge is 0.194 e. The highest BCUT2D eigenvalue weighted by Gasteiger charge is 2.20. The molecule has 0 saturated carbocycles. The molecule has 4 rings (SSSR count). The molecule has 3 heterocycles. The summed E-state index contributed by atoms with van der Waals surface area (Å²) in [5.41, 5.74) is 3.62. The molecule has 3 aromatic rings. The fourth-order valence-electron chi connectivity index (χ4n) is 2.82. The third-order valence-electron chi connectivity index (χ3n) is 3.64. The topological polar surface area (TPSA) is 30.4 Å². The number of aryl methyl sites for hydroxylation is 4. The number of hydrogen-bond donors (Lipinski definition) is 0. The monoisotopic (exact) mass is 258 g/mol. The van der Waals surface area contributed by atoms with Gasteiger partial charge in [-0.2, -0.15) is 0 Å². The maximum atomic E-state index is 5.59. The molecule has 0 saturated heterocycles. The van der Waals surface area contributed by atoms with Crippen molar-refractivity contribution in [3.63, 3.8) is 0 Å². The van der Waals surface area contributed by atoms with Crippen molar-refractivity contribution in [2.75, 3.05) is 0 Å². The summed E-state index contributed by atoms with van der Waals surface area (Å²) in [5, 5.41) is 0. The van der Waals surface area contributed by atoms with Crippen molar-refractivity contribution in [3.05, 3.63) is 34.4 Å². The van der Waals surface area contributed by atoms with E-state index < -0.39 is 0 Å². The molecule has 0 unspecified atom stereocenters. The predicted octanol–water partition coefficient (Wildman–Crippen LogP) is 3.76. The lowest BCUT2D eigenvalue weighted by Gasteiger charge is -1.92. The summed E-state index contributed by atoms with van der Waals surface area (Å²) >= 11 is 1.84. The molecule has 92 valence electrons. The van der Waals surface area contributed by atoms with Gasteiger partial charge >= 0.3 is 0 Å². The second kappa shape index (κ2) is 3.48. The minimum absolute atomic E-state index is 0.948. The highest BCUT2D eigenvalue weighted by molar-refractivity contribution is 7.17. The van der Waals surface area contributed by atoms with E-state index in [1.165, 1.54) is 29.8 Å². The Hall–Kier alpha value is -1.55. The molecule has 0 atom stereocenters. The first-order chi connectivity index (χ1) is 8.72. The first-order valence-electron chi connectivity index (χ1n) is 6.29. The van der Waals surface area contributed by atoms with Crippen LogP contribution in [0, 0.1) is 13.8 Å². The average Bonchev–Trinajstić information content (AvgIpc) is 2.98. The molecule has 0 fully saturated rings. The van der Waals surface area contributed by atoms with Crippen molar-refractivity contribution in [1.29, 1.82) is 0 Å². The number of aromatic nitrogens is 2. The van der Waals surface area contributed by atoms with Crippen LogP contribution >= 0.6 is 11.3 Å². The van der Waals surface area contributed by atoms with Crippen LogP contribution in [-0.4, -0.2) is 9.38 Å².